The monoisotopic (exact) mass is 179 g/mol. The Morgan fingerprint density at radius 2 is 1.92 bits per heavy atom. The van der Waals surface area contributed by atoms with Crippen molar-refractivity contribution in [2.75, 3.05) is 12.8 Å². The highest BCUT2D eigenvalue weighted by molar-refractivity contribution is 5.39. The molecule has 0 heterocycles. The fraction of sp³-hybridized carbons (Fsp3) is 0.455. The van der Waals surface area contributed by atoms with E-state index in [2.05, 4.69) is 6.92 Å². The van der Waals surface area contributed by atoms with Crippen LogP contribution >= 0.6 is 0 Å². The van der Waals surface area contributed by atoms with Gasteiger partial charge in [-0.2, -0.15) is 0 Å². The molecule has 2 nitrogen and oxygen atoms in total. The summed E-state index contributed by atoms with van der Waals surface area (Å²) in [6.07, 6.45) is 2.40. The number of hydrogen-bond donors (Lipinski definition) is 1. The van der Waals surface area contributed by atoms with Crippen molar-refractivity contribution >= 4 is 5.69 Å². The van der Waals surface area contributed by atoms with Crippen LogP contribution in [-0.4, -0.2) is 7.11 Å². The van der Waals surface area contributed by atoms with Crippen LogP contribution in [0.2, 0.25) is 0 Å². The van der Waals surface area contributed by atoms with Crippen molar-refractivity contribution in [3.8, 4) is 0 Å². The summed E-state index contributed by atoms with van der Waals surface area (Å²) >= 11 is 0. The molecule has 0 radical (unpaired) electrons. The van der Waals surface area contributed by atoms with E-state index in [0.717, 1.165) is 18.5 Å². The number of benzene rings is 1. The van der Waals surface area contributed by atoms with Crippen LogP contribution in [0.3, 0.4) is 0 Å². The molecule has 0 amide bonds. The van der Waals surface area contributed by atoms with Gasteiger partial charge in [0, 0.05) is 12.8 Å². The van der Waals surface area contributed by atoms with E-state index in [4.69, 9.17) is 10.5 Å². The van der Waals surface area contributed by atoms with Gasteiger partial charge in [-0.1, -0.05) is 25.5 Å². The Labute approximate surface area is 79.7 Å². The molecule has 1 atom stereocenters. The maximum absolute atomic E-state index is 5.60. The fourth-order valence-corrected chi connectivity index (χ4v) is 1.39. The Morgan fingerprint density at radius 1 is 1.31 bits per heavy atom. The van der Waals surface area contributed by atoms with Gasteiger partial charge in [-0.3, -0.25) is 0 Å². The lowest BCUT2D eigenvalue weighted by atomic mass is 10.1. The lowest BCUT2D eigenvalue weighted by molar-refractivity contribution is 0.0950. The number of rotatable bonds is 4. The Kier molecular flexibility index (Phi) is 3.77. The van der Waals surface area contributed by atoms with Crippen LogP contribution in [-0.2, 0) is 4.74 Å². The number of anilines is 1. The smallest absolute Gasteiger partial charge is 0.0821 e. The van der Waals surface area contributed by atoms with Crippen molar-refractivity contribution in [3.63, 3.8) is 0 Å². The van der Waals surface area contributed by atoms with Crippen LogP contribution in [0.4, 0.5) is 5.69 Å². The van der Waals surface area contributed by atoms with E-state index in [1.54, 1.807) is 7.11 Å². The summed E-state index contributed by atoms with van der Waals surface area (Å²) < 4.78 is 5.38. The van der Waals surface area contributed by atoms with Crippen molar-refractivity contribution in [1.29, 1.82) is 0 Å². The second kappa shape index (κ2) is 4.87. The lowest BCUT2D eigenvalue weighted by Crippen LogP contribution is -2.00. The maximum atomic E-state index is 5.60. The summed E-state index contributed by atoms with van der Waals surface area (Å²) in [7, 11) is 1.75. The highest BCUT2D eigenvalue weighted by Gasteiger charge is 2.07. The largest absolute Gasteiger partial charge is 0.399 e. The third kappa shape index (κ3) is 2.74. The first-order chi connectivity index (χ1) is 6.27. The van der Waals surface area contributed by atoms with Crippen molar-refractivity contribution in [2.24, 2.45) is 0 Å². The molecule has 0 aliphatic carbocycles. The normalized spacial score (nSPS) is 12.8. The predicted molar refractivity (Wildman–Crippen MR) is 55.5 cm³/mol. The predicted octanol–water partition coefficient (Wildman–Crippen LogP) is 2.76. The van der Waals surface area contributed by atoms with Crippen LogP contribution in [0, 0.1) is 0 Å². The molecule has 0 aliphatic rings. The van der Waals surface area contributed by atoms with Crippen LogP contribution in [0.25, 0.3) is 0 Å². The SMILES string of the molecule is CCC[C@H](OC)c1ccc(N)cc1. The molecule has 0 aliphatic heterocycles. The number of ether oxygens (including phenoxy) is 1. The van der Waals surface area contributed by atoms with E-state index in [1.807, 2.05) is 24.3 Å². The number of nitrogen functional groups attached to an aromatic ring is 1. The minimum absolute atomic E-state index is 0.214. The Balaban J connectivity index is 2.73. The zero-order valence-electron chi connectivity index (χ0n) is 8.29. The zero-order chi connectivity index (χ0) is 9.68. The topological polar surface area (TPSA) is 35.2 Å². The Bertz CT molecular complexity index is 243. The first kappa shape index (κ1) is 10.1. The first-order valence-corrected chi connectivity index (χ1v) is 4.66. The van der Waals surface area contributed by atoms with Gasteiger partial charge in [0.25, 0.3) is 0 Å². The van der Waals surface area contributed by atoms with Gasteiger partial charge in [0.2, 0.25) is 0 Å². The van der Waals surface area contributed by atoms with E-state index in [0.29, 0.717) is 0 Å². The maximum Gasteiger partial charge on any atom is 0.0821 e. The summed E-state index contributed by atoms with van der Waals surface area (Å²) in [6, 6.07) is 7.88. The molecule has 0 unspecified atom stereocenters. The summed E-state index contributed by atoms with van der Waals surface area (Å²) in [5.74, 6) is 0. The van der Waals surface area contributed by atoms with Crippen molar-refractivity contribution < 1.29 is 4.74 Å². The van der Waals surface area contributed by atoms with Gasteiger partial charge in [0.1, 0.15) is 0 Å². The summed E-state index contributed by atoms with van der Waals surface area (Å²) in [4.78, 5) is 0. The summed E-state index contributed by atoms with van der Waals surface area (Å²) in [5.41, 5.74) is 7.61. The molecule has 1 aromatic rings. The quantitative estimate of drug-likeness (QED) is 0.721. The molecule has 0 aromatic heterocycles. The van der Waals surface area contributed by atoms with E-state index in [-0.39, 0.29) is 6.10 Å². The van der Waals surface area contributed by atoms with Crippen LogP contribution in [0.5, 0.6) is 0 Å². The number of methoxy groups -OCH3 is 1. The highest BCUT2D eigenvalue weighted by Crippen LogP contribution is 2.22. The first-order valence-electron chi connectivity index (χ1n) is 4.66. The molecule has 0 bridgehead atoms. The van der Waals surface area contributed by atoms with Gasteiger partial charge in [0.05, 0.1) is 6.10 Å². The Morgan fingerprint density at radius 3 is 2.38 bits per heavy atom. The Hall–Kier alpha value is -1.02. The number of nitrogens with two attached hydrogens (primary N) is 1. The summed E-state index contributed by atoms with van der Waals surface area (Å²) in [5, 5.41) is 0. The van der Waals surface area contributed by atoms with Crippen LogP contribution in [0.1, 0.15) is 31.4 Å². The molecular formula is C11H17NO. The molecule has 72 valence electrons. The van der Waals surface area contributed by atoms with Crippen molar-refractivity contribution in [1.82, 2.24) is 0 Å². The summed E-state index contributed by atoms with van der Waals surface area (Å²) in [6.45, 7) is 2.16. The number of hydrogen-bond acceptors (Lipinski definition) is 2. The van der Waals surface area contributed by atoms with Crippen molar-refractivity contribution in [3.05, 3.63) is 29.8 Å². The van der Waals surface area contributed by atoms with E-state index < -0.39 is 0 Å². The molecule has 0 spiro atoms. The van der Waals surface area contributed by atoms with Gasteiger partial charge < -0.3 is 10.5 Å². The van der Waals surface area contributed by atoms with E-state index >= 15 is 0 Å². The molecule has 2 N–H and O–H groups in total. The third-order valence-electron chi connectivity index (χ3n) is 2.14. The van der Waals surface area contributed by atoms with Gasteiger partial charge in [-0.25, -0.2) is 0 Å². The molecule has 0 saturated heterocycles. The molecule has 0 saturated carbocycles. The molecule has 0 fully saturated rings. The van der Waals surface area contributed by atoms with Crippen molar-refractivity contribution in [2.45, 2.75) is 25.9 Å². The highest BCUT2D eigenvalue weighted by atomic mass is 16.5. The van der Waals surface area contributed by atoms with Gasteiger partial charge in [0.15, 0.2) is 0 Å². The average molecular weight is 179 g/mol. The molecule has 2 heteroatoms. The zero-order valence-corrected chi connectivity index (χ0v) is 8.29. The third-order valence-corrected chi connectivity index (χ3v) is 2.14. The minimum Gasteiger partial charge on any atom is -0.399 e. The lowest BCUT2D eigenvalue weighted by Gasteiger charge is -2.14. The molecule has 1 rings (SSSR count). The van der Waals surface area contributed by atoms with Gasteiger partial charge in [-0.05, 0) is 24.1 Å². The van der Waals surface area contributed by atoms with E-state index in [1.165, 1.54) is 5.56 Å². The molecular weight excluding hydrogens is 162 g/mol. The van der Waals surface area contributed by atoms with Gasteiger partial charge in [-0.15, -0.1) is 0 Å². The molecule has 1 aromatic carbocycles. The second-order valence-electron chi connectivity index (χ2n) is 3.18. The molecule has 13 heavy (non-hydrogen) atoms. The second-order valence-corrected chi connectivity index (χ2v) is 3.18. The van der Waals surface area contributed by atoms with E-state index in [9.17, 15) is 0 Å². The standard InChI is InChI=1S/C11H17NO/c1-3-4-11(13-2)9-5-7-10(12)8-6-9/h5-8,11H,3-4,12H2,1-2H3/t11-/m0/s1. The average Bonchev–Trinajstić information content (AvgIpc) is 2.16. The van der Waals surface area contributed by atoms with Crippen LogP contribution < -0.4 is 5.73 Å². The van der Waals surface area contributed by atoms with Gasteiger partial charge >= 0.3 is 0 Å². The minimum atomic E-state index is 0.214. The van der Waals surface area contributed by atoms with Crippen LogP contribution in [0.15, 0.2) is 24.3 Å². The fourth-order valence-electron chi connectivity index (χ4n) is 1.39.